The Morgan fingerprint density at radius 1 is 0.737 bits per heavy atom. The Kier molecular flexibility index (Phi) is 4.09. The Bertz CT molecular complexity index is 582. The molecule has 19 heavy (non-hydrogen) atoms. The molecule has 0 saturated heterocycles. The molecule has 4 heterocycles. The third kappa shape index (κ3) is 2.72. The molecule has 0 spiro atoms. The molecule has 4 aliphatic rings. The number of thioether (sulfide) groups is 4. The average molecular weight is 452 g/mol. The fourth-order valence-corrected chi connectivity index (χ4v) is 13.9. The third-order valence-corrected chi connectivity index (χ3v) is 15.1. The van der Waals surface area contributed by atoms with Crippen molar-refractivity contribution in [1.82, 2.24) is 0 Å². The van der Waals surface area contributed by atoms with Crippen LogP contribution < -0.4 is 0 Å². The van der Waals surface area contributed by atoms with Gasteiger partial charge in [-0.25, -0.2) is 0 Å². The third-order valence-electron chi connectivity index (χ3n) is 2.37. The summed E-state index contributed by atoms with van der Waals surface area (Å²) >= 11 is 9.05. The molecule has 0 fully saturated rings. The molecule has 0 radical (unpaired) electrons. The van der Waals surface area contributed by atoms with E-state index >= 15 is 0 Å². The first kappa shape index (κ1) is 13.3. The normalized spacial score (nSPS) is 24.8. The zero-order valence-electron chi connectivity index (χ0n) is 9.32. The van der Waals surface area contributed by atoms with Crippen molar-refractivity contribution in [2.45, 2.75) is 0 Å². The van der Waals surface area contributed by atoms with Gasteiger partial charge in [0.05, 0.1) is 0 Å². The maximum atomic E-state index is 5.09. The van der Waals surface area contributed by atoms with Crippen molar-refractivity contribution in [2.24, 2.45) is 0 Å². The van der Waals surface area contributed by atoms with Crippen LogP contribution in [0.25, 0.3) is 0 Å². The van der Waals surface area contributed by atoms with Gasteiger partial charge in [-0.15, -0.1) is 0 Å². The first-order valence-corrected chi connectivity index (χ1v) is 12.3. The van der Waals surface area contributed by atoms with Gasteiger partial charge in [-0.1, -0.05) is 0 Å². The van der Waals surface area contributed by atoms with Crippen LogP contribution in [0.2, 0.25) is 0 Å². The Morgan fingerprint density at radius 3 is 1.95 bits per heavy atom. The predicted molar refractivity (Wildman–Crippen MR) is 91.5 cm³/mol. The number of hydrogen-bond acceptors (Lipinski definition) is 5. The van der Waals surface area contributed by atoms with Crippen molar-refractivity contribution < 1.29 is 4.74 Å². The van der Waals surface area contributed by atoms with Crippen molar-refractivity contribution in [3.63, 3.8) is 0 Å². The molecule has 0 amide bonds. The van der Waals surface area contributed by atoms with Crippen LogP contribution in [0, 0.1) is 0 Å². The molecule has 0 aromatic rings. The number of hydrogen-bond donors (Lipinski definition) is 0. The van der Waals surface area contributed by atoms with Gasteiger partial charge < -0.3 is 0 Å². The molecule has 0 aromatic carbocycles. The molecule has 1 nitrogen and oxygen atoms in total. The summed E-state index contributed by atoms with van der Waals surface area (Å²) in [5.41, 5.74) is 1.27. The zero-order valence-corrected chi connectivity index (χ0v) is 16.0. The van der Waals surface area contributed by atoms with Crippen LogP contribution in [0.15, 0.2) is 60.5 Å². The van der Waals surface area contributed by atoms with E-state index in [1.807, 2.05) is 59.2 Å². The Hall–Kier alpha value is 0.679. The molecule has 0 N–H and O–H groups in total. The summed E-state index contributed by atoms with van der Waals surface area (Å²) in [6.45, 7) is 0. The van der Waals surface area contributed by atoms with Crippen LogP contribution in [-0.4, -0.2) is 29.9 Å². The van der Waals surface area contributed by atoms with E-state index in [-0.39, 0.29) is 0 Å². The summed E-state index contributed by atoms with van der Waals surface area (Å²) in [7, 11) is 0. The van der Waals surface area contributed by atoms with E-state index in [2.05, 4.69) is 9.95 Å². The number of ether oxygens (including phenoxy) is 1. The Balaban J connectivity index is 1.53. The monoisotopic (exact) mass is 454 g/mol. The van der Waals surface area contributed by atoms with Crippen LogP contribution in [0.4, 0.5) is 0 Å². The molecule has 0 aromatic heterocycles. The van der Waals surface area contributed by atoms with Gasteiger partial charge in [0.15, 0.2) is 0 Å². The number of rotatable bonds is 0. The molecule has 0 saturated carbocycles. The predicted octanol–water partition coefficient (Wildman–Crippen LogP) is 4.36. The molecule has 0 aliphatic carbocycles. The van der Waals surface area contributed by atoms with Gasteiger partial charge in [0, 0.05) is 0 Å². The Morgan fingerprint density at radius 2 is 1.32 bits per heavy atom. The van der Waals surface area contributed by atoms with E-state index in [1.54, 1.807) is 20.1 Å². The summed E-state index contributed by atoms with van der Waals surface area (Å²) in [6, 6.07) is 0. The first-order chi connectivity index (χ1) is 9.40. The van der Waals surface area contributed by atoms with Crippen LogP contribution in [0.3, 0.4) is 0 Å². The van der Waals surface area contributed by atoms with Gasteiger partial charge in [0.2, 0.25) is 0 Å². The van der Waals surface area contributed by atoms with E-state index in [1.165, 1.54) is 18.3 Å². The second-order valence-corrected chi connectivity index (χ2v) is 13.8. The van der Waals surface area contributed by atoms with Gasteiger partial charge in [-0.3, -0.25) is 0 Å². The molecular formula is C12H6OS4Se2. The molecule has 4 aliphatic heterocycles. The molecule has 0 unspecified atom stereocenters. The second-order valence-electron chi connectivity index (χ2n) is 3.55. The van der Waals surface area contributed by atoms with E-state index in [0.29, 0.717) is 29.9 Å². The SMILES string of the molecule is C1=CC(=C2SC3=C(S2)SC(=C2[Se]C=C[Se]2)S3)C=CO1. The molecular weight excluding hydrogens is 446 g/mol. The molecule has 4 rings (SSSR count). The van der Waals surface area contributed by atoms with Crippen molar-refractivity contribution in [1.29, 1.82) is 0 Å². The van der Waals surface area contributed by atoms with E-state index < -0.39 is 0 Å². The standard InChI is InChI=1S/C12H6OS4Se2/c1-3-13-4-2-7(1)8-14-9-10(15-8)17-11(16-9)12-18-5-6-19-12/h1-6H. The maximum absolute atomic E-state index is 5.09. The van der Waals surface area contributed by atoms with Crippen molar-refractivity contribution in [2.75, 3.05) is 0 Å². The minimum atomic E-state index is 0.623. The summed E-state index contributed by atoms with van der Waals surface area (Å²) in [5.74, 6) is 0. The van der Waals surface area contributed by atoms with Crippen LogP contribution in [0.5, 0.6) is 0 Å². The Labute approximate surface area is 141 Å². The summed E-state index contributed by atoms with van der Waals surface area (Å²) < 4.78 is 12.7. The fraction of sp³-hybridized carbons (Fsp3) is 0. The number of allylic oxidation sites excluding steroid dienone is 3. The summed E-state index contributed by atoms with van der Waals surface area (Å²) in [6.07, 6.45) is 7.57. The quantitative estimate of drug-likeness (QED) is 0.504. The topological polar surface area (TPSA) is 9.23 Å². The minimum absolute atomic E-state index is 0.623. The van der Waals surface area contributed by atoms with Gasteiger partial charge >= 0.3 is 142 Å². The van der Waals surface area contributed by atoms with Crippen LogP contribution in [0.1, 0.15) is 0 Å². The van der Waals surface area contributed by atoms with Crippen LogP contribution >= 0.6 is 47.0 Å². The zero-order chi connectivity index (χ0) is 12.7. The molecule has 7 heteroatoms. The van der Waals surface area contributed by atoms with Gasteiger partial charge in [0.1, 0.15) is 0 Å². The van der Waals surface area contributed by atoms with Gasteiger partial charge in [0.25, 0.3) is 0 Å². The average Bonchev–Trinajstić information content (AvgIpc) is 3.14. The summed E-state index contributed by atoms with van der Waals surface area (Å²) in [4.78, 5) is 4.73. The van der Waals surface area contributed by atoms with Gasteiger partial charge in [-0.05, 0) is 0 Å². The molecule has 0 atom stereocenters. The fourth-order valence-electron chi connectivity index (χ4n) is 1.55. The van der Waals surface area contributed by atoms with E-state index in [0.717, 1.165) is 0 Å². The van der Waals surface area contributed by atoms with Crippen molar-refractivity contribution in [3.8, 4) is 0 Å². The summed E-state index contributed by atoms with van der Waals surface area (Å²) in [5, 5.41) is 0. The second kappa shape index (κ2) is 5.82. The van der Waals surface area contributed by atoms with E-state index in [9.17, 15) is 0 Å². The molecule has 96 valence electrons. The van der Waals surface area contributed by atoms with Crippen molar-refractivity contribution >= 4 is 77.0 Å². The van der Waals surface area contributed by atoms with Crippen molar-refractivity contribution in [3.05, 3.63) is 60.5 Å². The van der Waals surface area contributed by atoms with Crippen LogP contribution in [-0.2, 0) is 4.74 Å². The first-order valence-electron chi connectivity index (χ1n) is 5.31. The van der Waals surface area contributed by atoms with E-state index in [4.69, 9.17) is 4.74 Å². The van der Waals surface area contributed by atoms with Gasteiger partial charge in [-0.2, -0.15) is 0 Å². The molecule has 0 bridgehead atoms.